The van der Waals surface area contributed by atoms with Gasteiger partial charge in [0.25, 0.3) is 0 Å². The highest BCUT2D eigenvalue weighted by molar-refractivity contribution is 7.16. The van der Waals surface area contributed by atoms with Crippen LogP contribution in [-0.4, -0.2) is 36.0 Å². The van der Waals surface area contributed by atoms with E-state index in [1.54, 1.807) is 13.8 Å². The standard InChI is InChI=1S/C14H14F3N3O2S/c1-7-8(2)23-13(10(7)4-18)19-12(22)9-3-11(21)20(5-9)6-14(15,16)17/h9H,3,5-6H2,1-2H3,(H,19,22). The maximum atomic E-state index is 12.4. The van der Waals surface area contributed by atoms with Crippen molar-refractivity contribution in [3.05, 3.63) is 16.0 Å². The van der Waals surface area contributed by atoms with Gasteiger partial charge in [-0.2, -0.15) is 18.4 Å². The van der Waals surface area contributed by atoms with E-state index in [4.69, 9.17) is 5.26 Å². The van der Waals surface area contributed by atoms with Crippen molar-refractivity contribution in [2.45, 2.75) is 26.4 Å². The number of rotatable bonds is 3. The fraction of sp³-hybridized carbons (Fsp3) is 0.500. The van der Waals surface area contributed by atoms with Gasteiger partial charge in [0.15, 0.2) is 0 Å². The lowest BCUT2D eigenvalue weighted by Crippen LogP contribution is -2.36. The lowest BCUT2D eigenvalue weighted by molar-refractivity contribution is -0.157. The molecule has 2 amide bonds. The Morgan fingerprint density at radius 2 is 2.13 bits per heavy atom. The minimum Gasteiger partial charge on any atom is -0.333 e. The van der Waals surface area contributed by atoms with Gasteiger partial charge in [0.2, 0.25) is 11.8 Å². The van der Waals surface area contributed by atoms with Crippen LogP contribution in [0.25, 0.3) is 0 Å². The zero-order valence-electron chi connectivity index (χ0n) is 12.5. The number of hydrogen-bond acceptors (Lipinski definition) is 4. The summed E-state index contributed by atoms with van der Waals surface area (Å²) < 4.78 is 37.1. The predicted molar refractivity (Wildman–Crippen MR) is 77.9 cm³/mol. The molecule has 124 valence electrons. The highest BCUT2D eigenvalue weighted by atomic mass is 32.1. The number of nitriles is 1. The normalized spacial score (nSPS) is 18.2. The fourth-order valence-electron chi connectivity index (χ4n) is 2.38. The van der Waals surface area contributed by atoms with E-state index in [-0.39, 0.29) is 13.0 Å². The Balaban J connectivity index is 2.07. The molecule has 23 heavy (non-hydrogen) atoms. The Labute approximate surface area is 134 Å². The number of nitrogens with one attached hydrogen (secondary N) is 1. The van der Waals surface area contributed by atoms with Gasteiger partial charge >= 0.3 is 6.18 Å². The molecule has 0 aromatic carbocycles. The molecule has 0 aliphatic carbocycles. The van der Waals surface area contributed by atoms with Gasteiger partial charge in [-0.3, -0.25) is 9.59 Å². The largest absolute Gasteiger partial charge is 0.406 e. The van der Waals surface area contributed by atoms with Crippen LogP contribution in [0.1, 0.15) is 22.4 Å². The molecule has 1 atom stereocenters. The molecule has 2 heterocycles. The van der Waals surface area contributed by atoms with Crippen LogP contribution < -0.4 is 5.32 Å². The molecule has 0 spiro atoms. The first-order chi connectivity index (χ1) is 10.6. The molecule has 1 aromatic heterocycles. The molecule has 1 unspecified atom stereocenters. The van der Waals surface area contributed by atoms with E-state index in [0.29, 0.717) is 15.5 Å². The Morgan fingerprint density at radius 3 is 2.70 bits per heavy atom. The summed E-state index contributed by atoms with van der Waals surface area (Å²) in [5, 5.41) is 12.1. The molecule has 0 radical (unpaired) electrons. The summed E-state index contributed by atoms with van der Waals surface area (Å²) in [6.45, 7) is 1.94. The van der Waals surface area contributed by atoms with Crippen LogP contribution in [0.15, 0.2) is 0 Å². The second-order valence-electron chi connectivity index (χ2n) is 5.38. The van der Waals surface area contributed by atoms with Gasteiger partial charge in [0.1, 0.15) is 17.6 Å². The molecule has 0 saturated carbocycles. The quantitative estimate of drug-likeness (QED) is 0.915. The summed E-state index contributed by atoms with van der Waals surface area (Å²) >= 11 is 1.23. The molecular formula is C14H14F3N3O2S. The van der Waals surface area contributed by atoms with Gasteiger partial charge in [-0.05, 0) is 19.4 Å². The Kier molecular flexibility index (Phi) is 4.66. The van der Waals surface area contributed by atoms with E-state index in [9.17, 15) is 22.8 Å². The van der Waals surface area contributed by atoms with Gasteiger partial charge < -0.3 is 10.2 Å². The summed E-state index contributed by atoms with van der Waals surface area (Å²) in [4.78, 5) is 25.3. The van der Waals surface area contributed by atoms with Gasteiger partial charge in [-0.15, -0.1) is 11.3 Å². The van der Waals surface area contributed by atoms with Crippen LogP contribution in [0, 0.1) is 31.1 Å². The molecule has 5 nitrogen and oxygen atoms in total. The van der Waals surface area contributed by atoms with Crippen molar-refractivity contribution >= 4 is 28.2 Å². The number of amides is 2. The van der Waals surface area contributed by atoms with Crippen LogP contribution in [0.3, 0.4) is 0 Å². The smallest absolute Gasteiger partial charge is 0.333 e. The van der Waals surface area contributed by atoms with Crippen LogP contribution in [0.5, 0.6) is 0 Å². The van der Waals surface area contributed by atoms with E-state index in [2.05, 4.69) is 5.32 Å². The third-order valence-electron chi connectivity index (χ3n) is 3.69. The van der Waals surface area contributed by atoms with Crippen LogP contribution in [0.4, 0.5) is 18.2 Å². The number of halogens is 3. The van der Waals surface area contributed by atoms with Crippen molar-refractivity contribution < 1.29 is 22.8 Å². The van der Waals surface area contributed by atoms with Gasteiger partial charge in [0.05, 0.1) is 11.5 Å². The highest BCUT2D eigenvalue weighted by Crippen LogP contribution is 2.33. The highest BCUT2D eigenvalue weighted by Gasteiger charge is 2.40. The van der Waals surface area contributed by atoms with Gasteiger partial charge in [-0.25, -0.2) is 0 Å². The molecule has 0 bridgehead atoms. The van der Waals surface area contributed by atoms with Crippen molar-refractivity contribution in [2.75, 3.05) is 18.4 Å². The minimum absolute atomic E-state index is 0.257. The van der Waals surface area contributed by atoms with Crippen molar-refractivity contribution in [3.8, 4) is 6.07 Å². The molecule has 1 saturated heterocycles. The first-order valence-corrected chi connectivity index (χ1v) is 7.59. The third kappa shape index (κ3) is 3.82. The number of likely N-dealkylation sites (tertiary alicyclic amines) is 1. The number of thiophene rings is 1. The zero-order valence-corrected chi connectivity index (χ0v) is 13.3. The molecule has 1 aliphatic heterocycles. The molecule has 2 rings (SSSR count). The monoisotopic (exact) mass is 345 g/mol. The summed E-state index contributed by atoms with van der Waals surface area (Å²) in [5.74, 6) is -2.08. The molecule has 1 fully saturated rings. The van der Waals surface area contributed by atoms with Crippen molar-refractivity contribution in [3.63, 3.8) is 0 Å². The van der Waals surface area contributed by atoms with Gasteiger partial charge in [0, 0.05) is 17.8 Å². The molecule has 1 aromatic rings. The lowest BCUT2D eigenvalue weighted by Gasteiger charge is -2.18. The Hall–Kier alpha value is -2.08. The maximum absolute atomic E-state index is 12.4. The molecular weight excluding hydrogens is 331 g/mol. The first-order valence-electron chi connectivity index (χ1n) is 6.78. The number of nitrogens with zero attached hydrogens (tertiary/aromatic N) is 2. The Morgan fingerprint density at radius 1 is 1.48 bits per heavy atom. The number of aryl methyl sites for hydroxylation is 1. The second-order valence-corrected chi connectivity index (χ2v) is 6.60. The fourth-order valence-corrected chi connectivity index (χ4v) is 3.39. The summed E-state index contributed by atoms with van der Waals surface area (Å²) in [6.07, 6.45) is -4.75. The van der Waals surface area contributed by atoms with E-state index in [0.717, 1.165) is 10.4 Å². The number of alkyl halides is 3. The van der Waals surface area contributed by atoms with Gasteiger partial charge in [-0.1, -0.05) is 0 Å². The number of anilines is 1. The average Bonchev–Trinajstić information content (AvgIpc) is 2.90. The number of hydrogen-bond donors (Lipinski definition) is 1. The number of carbonyl (C=O) groups is 2. The third-order valence-corrected chi connectivity index (χ3v) is 4.81. The topological polar surface area (TPSA) is 73.2 Å². The summed E-state index contributed by atoms with van der Waals surface area (Å²) in [5.41, 5.74) is 1.10. The van der Waals surface area contributed by atoms with Crippen molar-refractivity contribution in [1.82, 2.24) is 4.90 Å². The SMILES string of the molecule is Cc1sc(NC(=O)C2CC(=O)N(CC(F)(F)F)C2)c(C#N)c1C. The van der Waals surface area contributed by atoms with E-state index in [1.165, 1.54) is 11.3 Å². The van der Waals surface area contributed by atoms with E-state index in [1.807, 2.05) is 6.07 Å². The van der Waals surface area contributed by atoms with Crippen LogP contribution in [-0.2, 0) is 9.59 Å². The second kappa shape index (κ2) is 6.20. The lowest BCUT2D eigenvalue weighted by atomic mass is 10.1. The molecule has 9 heteroatoms. The van der Waals surface area contributed by atoms with Crippen molar-refractivity contribution in [2.24, 2.45) is 5.92 Å². The molecule has 1 N–H and O–H groups in total. The average molecular weight is 345 g/mol. The maximum Gasteiger partial charge on any atom is 0.406 e. The molecule has 1 aliphatic rings. The van der Waals surface area contributed by atoms with E-state index >= 15 is 0 Å². The minimum atomic E-state index is -4.49. The zero-order chi connectivity index (χ0) is 17.4. The Bertz CT molecular complexity index is 691. The van der Waals surface area contributed by atoms with Crippen molar-refractivity contribution in [1.29, 1.82) is 5.26 Å². The van der Waals surface area contributed by atoms with E-state index < -0.39 is 30.5 Å². The number of carbonyl (C=O) groups excluding carboxylic acids is 2. The van der Waals surface area contributed by atoms with Crippen LogP contribution >= 0.6 is 11.3 Å². The summed E-state index contributed by atoms with van der Waals surface area (Å²) in [6, 6.07) is 2.00. The van der Waals surface area contributed by atoms with Crippen LogP contribution in [0.2, 0.25) is 0 Å². The predicted octanol–water partition coefficient (Wildman–Crippen LogP) is 2.59. The summed E-state index contributed by atoms with van der Waals surface area (Å²) in [7, 11) is 0. The first kappa shape index (κ1) is 17.3.